The third-order valence-corrected chi connectivity index (χ3v) is 7.49. The van der Waals surface area contributed by atoms with Crippen molar-refractivity contribution in [2.24, 2.45) is 40.9 Å². The van der Waals surface area contributed by atoms with Crippen LogP contribution in [-0.4, -0.2) is 0 Å². The lowest BCUT2D eigenvalue weighted by Crippen LogP contribution is -2.59. The summed E-state index contributed by atoms with van der Waals surface area (Å²) in [6.07, 6.45) is 9.19. The van der Waals surface area contributed by atoms with Crippen molar-refractivity contribution in [3.05, 3.63) is 0 Å². The summed E-state index contributed by atoms with van der Waals surface area (Å²) in [6.45, 7) is 10.0. The molecule has 0 aromatic carbocycles. The minimum Gasteiger partial charge on any atom is -0.0648 e. The van der Waals surface area contributed by atoms with E-state index in [2.05, 4.69) is 27.7 Å². The standard InChI is InChI=1S/C17H30/c1-5-17(10-14-7-9-16(14)17)15-8-6-11(2)12(3)13(15)4/h11-16H,5-10H2,1-4H3. The Hall–Kier alpha value is 0. The second kappa shape index (κ2) is 4.00. The van der Waals surface area contributed by atoms with Crippen LogP contribution in [0.1, 0.15) is 66.2 Å². The molecule has 0 spiro atoms. The summed E-state index contributed by atoms with van der Waals surface area (Å²) >= 11 is 0. The number of rotatable bonds is 2. The maximum Gasteiger partial charge on any atom is -0.0235 e. The molecule has 7 unspecified atom stereocenters. The van der Waals surface area contributed by atoms with Crippen molar-refractivity contribution < 1.29 is 0 Å². The van der Waals surface area contributed by atoms with Crippen LogP contribution in [0.25, 0.3) is 0 Å². The van der Waals surface area contributed by atoms with Gasteiger partial charge in [0.05, 0.1) is 0 Å². The fourth-order valence-electron chi connectivity index (χ4n) is 5.81. The SMILES string of the molecule is CCC1(C2CCC(C)C(C)C2C)CC2CCC21. The van der Waals surface area contributed by atoms with Crippen LogP contribution in [-0.2, 0) is 0 Å². The Balaban J connectivity index is 1.78. The highest BCUT2D eigenvalue weighted by Gasteiger charge is 2.61. The molecule has 0 heteroatoms. The Morgan fingerprint density at radius 3 is 2.06 bits per heavy atom. The van der Waals surface area contributed by atoms with Gasteiger partial charge in [0.15, 0.2) is 0 Å². The highest BCUT2D eigenvalue weighted by atomic mass is 14.7. The van der Waals surface area contributed by atoms with Crippen molar-refractivity contribution in [2.45, 2.75) is 66.2 Å². The first-order valence-corrected chi connectivity index (χ1v) is 8.10. The largest absolute Gasteiger partial charge is 0.0648 e. The molecule has 98 valence electrons. The molecule has 0 radical (unpaired) electrons. The zero-order chi connectivity index (χ0) is 12.2. The van der Waals surface area contributed by atoms with E-state index >= 15 is 0 Å². The lowest BCUT2D eigenvalue weighted by Gasteiger charge is -2.67. The van der Waals surface area contributed by atoms with Gasteiger partial charge in [0.1, 0.15) is 0 Å². The van der Waals surface area contributed by atoms with E-state index in [1.54, 1.807) is 19.3 Å². The Morgan fingerprint density at radius 2 is 1.59 bits per heavy atom. The molecule has 7 atom stereocenters. The third-order valence-electron chi connectivity index (χ3n) is 7.49. The summed E-state index contributed by atoms with van der Waals surface area (Å²) in [5.74, 6) is 6.24. The van der Waals surface area contributed by atoms with E-state index in [0.29, 0.717) is 0 Å². The quantitative estimate of drug-likeness (QED) is 0.621. The van der Waals surface area contributed by atoms with E-state index in [9.17, 15) is 0 Å². The lowest BCUT2D eigenvalue weighted by atomic mass is 9.38. The van der Waals surface area contributed by atoms with Gasteiger partial charge in [-0.2, -0.15) is 0 Å². The first-order chi connectivity index (χ1) is 8.10. The molecule has 3 aliphatic carbocycles. The summed E-state index contributed by atoms with van der Waals surface area (Å²) in [5.41, 5.74) is 0.788. The van der Waals surface area contributed by atoms with Crippen molar-refractivity contribution in [1.29, 1.82) is 0 Å². The molecule has 0 heterocycles. The molecular formula is C17H30. The van der Waals surface area contributed by atoms with Gasteiger partial charge in [0, 0.05) is 0 Å². The highest BCUT2D eigenvalue weighted by Crippen LogP contribution is 2.69. The van der Waals surface area contributed by atoms with Gasteiger partial charge >= 0.3 is 0 Å². The van der Waals surface area contributed by atoms with Crippen LogP contribution in [0.4, 0.5) is 0 Å². The molecule has 0 aliphatic heterocycles. The highest BCUT2D eigenvalue weighted by molar-refractivity contribution is 5.10. The third kappa shape index (κ3) is 1.48. The Bertz CT molecular complexity index is 294. The van der Waals surface area contributed by atoms with Gasteiger partial charge in [-0.3, -0.25) is 0 Å². The molecule has 0 aromatic rings. The molecule has 0 bridgehead atoms. The van der Waals surface area contributed by atoms with E-state index in [-0.39, 0.29) is 0 Å². The van der Waals surface area contributed by atoms with E-state index in [1.165, 1.54) is 19.3 Å². The molecule has 3 rings (SSSR count). The maximum absolute atomic E-state index is 2.56. The summed E-state index contributed by atoms with van der Waals surface area (Å²) in [7, 11) is 0. The maximum atomic E-state index is 2.56. The monoisotopic (exact) mass is 234 g/mol. The van der Waals surface area contributed by atoms with Gasteiger partial charge in [0.25, 0.3) is 0 Å². The van der Waals surface area contributed by atoms with Crippen LogP contribution in [0.5, 0.6) is 0 Å². The van der Waals surface area contributed by atoms with Gasteiger partial charge in [-0.05, 0) is 73.0 Å². The topological polar surface area (TPSA) is 0 Å². The summed E-state index contributed by atoms with van der Waals surface area (Å²) in [5, 5.41) is 0. The van der Waals surface area contributed by atoms with Crippen LogP contribution < -0.4 is 0 Å². The zero-order valence-corrected chi connectivity index (χ0v) is 12.2. The van der Waals surface area contributed by atoms with Crippen molar-refractivity contribution in [3.63, 3.8) is 0 Å². The van der Waals surface area contributed by atoms with E-state index in [1.807, 2.05) is 0 Å². The summed E-state index contributed by atoms with van der Waals surface area (Å²) in [4.78, 5) is 0. The van der Waals surface area contributed by atoms with Crippen molar-refractivity contribution in [1.82, 2.24) is 0 Å². The van der Waals surface area contributed by atoms with Crippen LogP contribution in [0.3, 0.4) is 0 Å². The van der Waals surface area contributed by atoms with Crippen molar-refractivity contribution in [2.75, 3.05) is 0 Å². The van der Waals surface area contributed by atoms with Gasteiger partial charge in [-0.15, -0.1) is 0 Å². The molecule has 3 saturated carbocycles. The van der Waals surface area contributed by atoms with Gasteiger partial charge in [-0.25, -0.2) is 0 Å². The second-order valence-corrected chi connectivity index (χ2v) is 7.61. The van der Waals surface area contributed by atoms with Crippen LogP contribution in [0.15, 0.2) is 0 Å². The van der Waals surface area contributed by atoms with E-state index < -0.39 is 0 Å². The molecule has 0 nitrogen and oxygen atoms in total. The Kier molecular flexibility index (Phi) is 2.84. The second-order valence-electron chi connectivity index (χ2n) is 7.61. The van der Waals surface area contributed by atoms with Gasteiger partial charge < -0.3 is 0 Å². The number of hydrogen-bond donors (Lipinski definition) is 0. The molecule has 0 N–H and O–H groups in total. The van der Waals surface area contributed by atoms with Crippen molar-refractivity contribution in [3.8, 4) is 0 Å². The fraction of sp³-hybridized carbons (Fsp3) is 1.00. The predicted molar refractivity (Wildman–Crippen MR) is 73.8 cm³/mol. The van der Waals surface area contributed by atoms with Crippen LogP contribution in [0.2, 0.25) is 0 Å². The van der Waals surface area contributed by atoms with Crippen LogP contribution >= 0.6 is 0 Å². The fourth-order valence-corrected chi connectivity index (χ4v) is 5.81. The van der Waals surface area contributed by atoms with E-state index in [0.717, 1.165) is 40.9 Å². The first-order valence-electron chi connectivity index (χ1n) is 8.10. The van der Waals surface area contributed by atoms with E-state index in [4.69, 9.17) is 0 Å². The Labute approximate surface area is 108 Å². The molecule has 3 aliphatic rings. The van der Waals surface area contributed by atoms with Gasteiger partial charge in [-0.1, -0.05) is 34.1 Å². The molecule has 3 fully saturated rings. The normalized spacial score (nSPS) is 57.9. The smallest absolute Gasteiger partial charge is 0.0235 e. The summed E-state index contributed by atoms with van der Waals surface area (Å²) in [6, 6.07) is 0. The average Bonchev–Trinajstić information content (AvgIpc) is 2.30. The lowest BCUT2D eigenvalue weighted by molar-refractivity contribution is -0.181. The molecule has 0 saturated heterocycles. The predicted octanol–water partition coefficient (Wildman–Crippen LogP) is 5.13. The van der Waals surface area contributed by atoms with Gasteiger partial charge in [0.2, 0.25) is 0 Å². The Morgan fingerprint density at radius 1 is 0.882 bits per heavy atom. The summed E-state index contributed by atoms with van der Waals surface area (Å²) < 4.78 is 0. The van der Waals surface area contributed by atoms with Crippen molar-refractivity contribution >= 4 is 0 Å². The first kappa shape index (κ1) is 12.1. The zero-order valence-electron chi connectivity index (χ0n) is 12.2. The number of hydrogen-bond acceptors (Lipinski definition) is 0. The molecule has 0 amide bonds. The van der Waals surface area contributed by atoms with Crippen LogP contribution in [0, 0.1) is 40.9 Å². The molecular weight excluding hydrogens is 204 g/mol. The minimum atomic E-state index is 0.788. The molecule has 0 aromatic heterocycles. The molecule has 17 heavy (non-hydrogen) atoms. The number of fused-ring (bicyclic) bond motifs is 1. The average molecular weight is 234 g/mol. The minimum absolute atomic E-state index is 0.788.